The summed E-state index contributed by atoms with van der Waals surface area (Å²) in [6.07, 6.45) is -0.949. The predicted octanol–water partition coefficient (Wildman–Crippen LogP) is 1.21. The van der Waals surface area contributed by atoms with Gasteiger partial charge < -0.3 is 9.84 Å². The maximum Gasteiger partial charge on any atom is 0.414 e. The van der Waals surface area contributed by atoms with E-state index in [1.807, 2.05) is 0 Å². The van der Waals surface area contributed by atoms with Gasteiger partial charge in [0.2, 0.25) is 0 Å². The van der Waals surface area contributed by atoms with E-state index in [-0.39, 0.29) is 12.4 Å². The largest absolute Gasteiger partial charge is 0.441 e. The highest BCUT2D eigenvalue weighted by Crippen LogP contribution is 2.21. The number of hydrogen-bond acceptors (Lipinski definition) is 4. The first-order valence-electron chi connectivity index (χ1n) is 5.32. The van der Waals surface area contributed by atoms with Crippen LogP contribution < -0.4 is 4.90 Å². The van der Waals surface area contributed by atoms with Gasteiger partial charge in [0.15, 0.2) is 5.78 Å². The maximum absolute atomic E-state index is 11.5. The van der Waals surface area contributed by atoms with Gasteiger partial charge in [0.25, 0.3) is 0 Å². The molecule has 5 nitrogen and oxygen atoms in total. The summed E-state index contributed by atoms with van der Waals surface area (Å²) in [4.78, 5) is 24.0. The molecule has 2 rings (SSSR count). The second kappa shape index (κ2) is 4.55. The molecule has 0 aliphatic carbocycles. The van der Waals surface area contributed by atoms with Crippen LogP contribution in [0.2, 0.25) is 0 Å². The fourth-order valence-electron chi connectivity index (χ4n) is 1.70. The molecule has 0 spiro atoms. The summed E-state index contributed by atoms with van der Waals surface area (Å²) in [7, 11) is 0. The lowest BCUT2D eigenvalue weighted by molar-refractivity contribution is 0.0963. The minimum Gasteiger partial charge on any atom is -0.441 e. The molecule has 1 fully saturated rings. The molecule has 90 valence electrons. The van der Waals surface area contributed by atoms with Crippen LogP contribution in [0.1, 0.15) is 17.3 Å². The zero-order chi connectivity index (χ0) is 12.4. The zero-order valence-electron chi connectivity index (χ0n) is 9.42. The summed E-state index contributed by atoms with van der Waals surface area (Å²) in [5.41, 5.74) is 1.26. The Kier molecular flexibility index (Phi) is 3.10. The van der Waals surface area contributed by atoms with Crippen molar-refractivity contribution in [1.29, 1.82) is 0 Å². The zero-order valence-corrected chi connectivity index (χ0v) is 9.42. The Balaban J connectivity index is 2.18. The SMILES string of the molecule is CC(=O)c1ccc(N2C[C@@H](CO)OC2=O)cc1. The standard InChI is InChI=1S/C12H13NO4/c1-8(15)9-2-4-10(5-3-9)13-6-11(7-14)17-12(13)16/h2-5,11,14H,6-7H2,1H3/t11-/m0/s1. The van der Waals surface area contributed by atoms with E-state index in [0.29, 0.717) is 17.8 Å². The molecule has 1 aromatic rings. The summed E-state index contributed by atoms with van der Waals surface area (Å²) in [5, 5.41) is 8.92. The molecule has 0 saturated carbocycles. The van der Waals surface area contributed by atoms with Crippen molar-refractivity contribution in [2.45, 2.75) is 13.0 Å². The fourth-order valence-corrected chi connectivity index (χ4v) is 1.70. The molecule has 0 bridgehead atoms. The molecular formula is C12H13NO4. The number of Topliss-reactive ketones (excluding diaryl/α,β-unsaturated/α-hetero) is 1. The highest BCUT2D eigenvalue weighted by Gasteiger charge is 2.31. The van der Waals surface area contributed by atoms with Crippen molar-refractivity contribution >= 4 is 17.6 Å². The molecule has 1 aliphatic heterocycles. The number of aliphatic hydroxyl groups excluding tert-OH is 1. The molecular weight excluding hydrogens is 222 g/mol. The third-order valence-corrected chi connectivity index (χ3v) is 2.66. The second-order valence-corrected chi connectivity index (χ2v) is 3.90. The van der Waals surface area contributed by atoms with Crippen molar-refractivity contribution < 1.29 is 19.4 Å². The summed E-state index contributed by atoms with van der Waals surface area (Å²) in [5.74, 6) is -0.0196. The van der Waals surface area contributed by atoms with E-state index in [1.54, 1.807) is 24.3 Å². The molecule has 1 aromatic carbocycles. The van der Waals surface area contributed by atoms with E-state index in [4.69, 9.17) is 9.84 Å². The monoisotopic (exact) mass is 235 g/mol. The fraction of sp³-hybridized carbons (Fsp3) is 0.333. The number of amides is 1. The Morgan fingerprint density at radius 2 is 2.12 bits per heavy atom. The molecule has 5 heteroatoms. The van der Waals surface area contributed by atoms with Crippen LogP contribution in [0.15, 0.2) is 24.3 Å². The van der Waals surface area contributed by atoms with E-state index < -0.39 is 12.2 Å². The number of nitrogens with zero attached hydrogens (tertiary/aromatic N) is 1. The Morgan fingerprint density at radius 1 is 1.47 bits per heavy atom. The van der Waals surface area contributed by atoms with Gasteiger partial charge in [-0.2, -0.15) is 0 Å². The van der Waals surface area contributed by atoms with Gasteiger partial charge in [-0.1, -0.05) is 0 Å². The minimum atomic E-state index is -0.477. The summed E-state index contributed by atoms with van der Waals surface area (Å²) < 4.78 is 4.93. The minimum absolute atomic E-state index is 0.0196. The van der Waals surface area contributed by atoms with E-state index in [9.17, 15) is 9.59 Å². The normalized spacial score (nSPS) is 19.3. The van der Waals surface area contributed by atoms with Gasteiger partial charge in [-0.05, 0) is 31.2 Å². The number of anilines is 1. The third-order valence-electron chi connectivity index (χ3n) is 2.66. The van der Waals surface area contributed by atoms with Crippen LogP contribution in [0.5, 0.6) is 0 Å². The molecule has 1 aliphatic rings. The molecule has 0 aromatic heterocycles. The van der Waals surface area contributed by atoms with Crippen molar-refractivity contribution in [3.8, 4) is 0 Å². The predicted molar refractivity (Wildman–Crippen MR) is 61.1 cm³/mol. The topological polar surface area (TPSA) is 66.8 Å². The van der Waals surface area contributed by atoms with Gasteiger partial charge in [-0.3, -0.25) is 9.69 Å². The molecule has 1 atom stereocenters. The number of ether oxygens (including phenoxy) is 1. The van der Waals surface area contributed by atoms with Crippen molar-refractivity contribution in [1.82, 2.24) is 0 Å². The van der Waals surface area contributed by atoms with Crippen molar-refractivity contribution in [3.05, 3.63) is 29.8 Å². The van der Waals surface area contributed by atoms with Crippen LogP contribution in [-0.4, -0.2) is 36.2 Å². The second-order valence-electron chi connectivity index (χ2n) is 3.90. The first-order valence-corrected chi connectivity index (χ1v) is 5.32. The van der Waals surface area contributed by atoms with Gasteiger partial charge in [0, 0.05) is 11.3 Å². The average Bonchev–Trinajstić information content (AvgIpc) is 2.71. The summed E-state index contributed by atoms with van der Waals surface area (Å²) >= 11 is 0. The number of ketones is 1. The highest BCUT2D eigenvalue weighted by molar-refractivity contribution is 5.95. The van der Waals surface area contributed by atoms with E-state index in [0.717, 1.165) is 0 Å². The Hall–Kier alpha value is -1.88. The lowest BCUT2D eigenvalue weighted by Gasteiger charge is -2.12. The number of rotatable bonds is 3. The van der Waals surface area contributed by atoms with E-state index >= 15 is 0 Å². The maximum atomic E-state index is 11.5. The Bertz CT molecular complexity index is 440. The van der Waals surface area contributed by atoms with Gasteiger partial charge in [-0.25, -0.2) is 4.79 Å². The first kappa shape index (κ1) is 11.6. The smallest absolute Gasteiger partial charge is 0.414 e. The van der Waals surface area contributed by atoms with Crippen LogP contribution in [0.3, 0.4) is 0 Å². The first-order chi connectivity index (χ1) is 8.11. The molecule has 1 saturated heterocycles. The van der Waals surface area contributed by atoms with E-state index in [2.05, 4.69) is 0 Å². The van der Waals surface area contributed by atoms with E-state index in [1.165, 1.54) is 11.8 Å². The summed E-state index contributed by atoms with van der Waals surface area (Å²) in [6.45, 7) is 1.63. The van der Waals surface area contributed by atoms with Crippen molar-refractivity contribution in [2.75, 3.05) is 18.1 Å². The molecule has 0 radical (unpaired) electrons. The molecule has 0 unspecified atom stereocenters. The van der Waals surface area contributed by atoms with Crippen LogP contribution in [0.4, 0.5) is 10.5 Å². The van der Waals surface area contributed by atoms with Gasteiger partial charge in [-0.15, -0.1) is 0 Å². The lowest BCUT2D eigenvalue weighted by atomic mass is 10.1. The van der Waals surface area contributed by atoms with Crippen LogP contribution in [-0.2, 0) is 4.74 Å². The quantitative estimate of drug-likeness (QED) is 0.799. The highest BCUT2D eigenvalue weighted by atomic mass is 16.6. The van der Waals surface area contributed by atoms with Crippen LogP contribution in [0, 0.1) is 0 Å². The molecule has 1 heterocycles. The average molecular weight is 235 g/mol. The van der Waals surface area contributed by atoms with Gasteiger partial charge in [0.05, 0.1) is 13.2 Å². The van der Waals surface area contributed by atoms with Gasteiger partial charge >= 0.3 is 6.09 Å². The molecule has 1 amide bonds. The number of aliphatic hydroxyl groups is 1. The third kappa shape index (κ3) is 2.29. The number of hydrogen-bond donors (Lipinski definition) is 1. The van der Waals surface area contributed by atoms with Gasteiger partial charge in [0.1, 0.15) is 6.10 Å². The summed E-state index contributed by atoms with van der Waals surface area (Å²) in [6, 6.07) is 6.71. The van der Waals surface area contributed by atoms with Crippen molar-refractivity contribution in [3.63, 3.8) is 0 Å². The molecule has 17 heavy (non-hydrogen) atoms. The molecule has 1 N–H and O–H groups in total. The number of benzene rings is 1. The lowest BCUT2D eigenvalue weighted by Crippen LogP contribution is -2.25. The number of carbonyl (C=O) groups is 2. The Labute approximate surface area is 98.6 Å². The van der Waals surface area contributed by atoms with Crippen LogP contribution >= 0.6 is 0 Å². The van der Waals surface area contributed by atoms with Crippen LogP contribution in [0.25, 0.3) is 0 Å². The number of cyclic esters (lactones) is 1. The number of carbonyl (C=O) groups excluding carboxylic acids is 2. The van der Waals surface area contributed by atoms with Crippen molar-refractivity contribution in [2.24, 2.45) is 0 Å². The Morgan fingerprint density at radius 3 is 2.59 bits per heavy atom.